The molecule has 1 atom stereocenters. The maximum atomic E-state index is 5.79. The molecule has 0 saturated carbocycles. The van der Waals surface area contributed by atoms with Gasteiger partial charge in [0.1, 0.15) is 5.75 Å². The minimum absolute atomic E-state index is 0.583. The number of piperazine rings is 1. The third-order valence-electron chi connectivity index (χ3n) is 3.67. The fourth-order valence-electron chi connectivity index (χ4n) is 2.86. The van der Waals surface area contributed by atoms with Gasteiger partial charge in [0.05, 0.1) is 6.61 Å². The Morgan fingerprint density at radius 2 is 2.39 bits per heavy atom. The number of nitrogens with zero attached hydrogens (tertiary/aromatic N) is 1. The summed E-state index contributed by atoms with van der Waals surface area (Å²) in [6, 6.07) is 4.98. The normalized spacial score (nSPS) is 23.8. The number of fused-ring (bicyclic) bond motifs is 1. The number of halogens is 1. The highest BCUT2D eigenvalue weighted by Crippen LogP contribution is 2.33. The predicted octanol–water partition coefficient (Wildman–Crippen LogP) is 2.18. The summed E-state index contributed by atoms with van der Waals surface area (Å²) in [6.07, 6.45) is 1.04. The summed E-state index contributed by atoms with van der Waals surface area (Å²) in [5.74, 6) is 1.13. The van der Waals surface area contributed by atoms with E-state index in [1.165, 1.54) is 15.6 Å². The molecule has 1 saturated heterocycles. The van der Waals surface area contributed by atoms with Crippen LogP contribution in [0.4, 0.5) is 0 Å². The average Bonchev–Trinajstić information content (AvgIpc) is 2.77. The summed E-state index contributed by atoms with van der Waals surface area (Å²) in [4.78, 5) is 2.50. The Morgan fingerprint density at radius 3 is 3.22 bits per heavy atom. The lowest BCUT2D eigenvalue weighted by Crippen LogP contribution is -2.48. The fourth-order valence-corrected chi connectivity index (χ4v) is 3.41. The summed E-state index contributed by atoms with van der Waals surface area (Å²) >= 11 is 3.61. The molecule has 1 aromatic carbocycles. The molecule has 0 amide bonds. The van der Waals surface area contributed by atoms with E-state index >= 15 is 0 Å². The monoisotopic (exact) mass is 310 g/mol. The molecule has 1 fully saturated rings. The molecule has 0 spiro atoms. The minimum atomic E-state index is 0.583. The van der Waals surface area contributed by atoms with Crippen molar-refractivity contribution in [3.05, 3.63) is 27.7 Å². The number of ether oxygens (including phenoxy) is 1. The van der Waals surface area contributed by atoms with Crippen LogP contribution in [0.15, 0.2) is 16.6 Å². The molecule has 4 heteroatoms. The molecule has 0 aromatic heterocycles. The molecular weight excluding hydrogens is 292 g/mol. The standard InChI is InChI=1S/C14H19BrN2O/c1-10-8-17(4-3-16-10)9-12-7-13(15)6-11-2-5-18-14(11)12/h6-7,10,16H,2-5,8-9H2,1H3. The molecule has 3 rings (SSSR count). The second-order valence-corrected chi connectivity index (χ2v) is 6.16. The highest BCUT2D eigenvalue weighted by Gasteiger charge is 2.21. The van der Waals surface area contributed by atoms with Crippen molar-refractivity contribution in [3.8, 4) is 5.75 Å². The zero-order valence-electron chi connectivity index (χ0n) is 10.7. The summed E-state index contributed by atoms with van der Waals surface area (Å²) in [7, 11) is 0. The van der Waals surface area contributed by atoms with Crippen molar-refractivity contribution in [2.45, 2.75) is 25.9 Å². The van der Waals surface area contributed by atoms with E-state index in [4.69, 9.17) is 4.74 Å². The van der Waals surface area contributed by atoms with Crippen molar-refractivity contribution in [1.29, 1.82) is 0 Å². The van der Waals surface area contributed by atoms with Gasteiger partial charge >= 0.3 is 0 Å². The van der Waals surface area contributed by atoms with Crippen molar-refractivity contribution < 1.29 is 4.74 Å². The Labute approximate surface area is 117 Å². The zero-order chi connectivity index (χ0) is 12.5. The third kappa shape index (κ3) is 2.56. The van der Waals surface area contributed by atoms with E-state index in [2.05, 4.69) is 45.2 Å². The topological polar surface area (TPSA) is 24.5 Å². The van der Waals surface area contributed by atoms with Crippen molar-refractivity contribution in [3.63, 3.8) is 0 Å². The number of hydrogen-bond acceptors (Lipinski definition) is 3. The smallest absolute Gasteiger partial charge is 0.127 e. The quantitative estimate of drug-likeness (QED) is 0.906. The first-order valence-corrected chi connectivity index (χ1v) is 7.41. The zero-order valence-corrected chi connectivity index (χ0v) is 12.3. The third-order valence-corrected chi connectivity index (χ3v) is 4.13. The average molecular weight is 311 g/mol. The van der Waals surface area contributed by atoms with Crippen LogP contribution in [0.2, 0.25) is 0 Å². The molecule has 18 heavy (non-hydrogen) atoms. The summed E-state index contributed by atoms with van der Waals surface area (Å²) in [5.41, 5.74) is 2.67. The second kappa shape index (κ2) is 5.19. The SMILES string of the molecule is CC1CN(Cc2cc(Br)cc3c2OCC3)CCN1. The van der Waals surface area contributed by atoms with Gasteiger partial charge in [-0.2, -0.15) is 0 Å². The lowest BCUT2D eigenvalue weighted by Gasteiger charge is -2.32. The Morgan fingerprint density at radius 1 is 1.50 bits per heavy atom. The number of nitrogens with one attached hydrogen (secondary N) is 1. The fraction of sp³-hybridized carbons (Fsp3) is 0.571. The number of hydrogen-bond donors (Lipinski definition) is 1. The van der Waals surface area contributed by atoms with E-state index in [0.717, 1.165) is 45.0 Å². The molecular formula is C14H19BrN2O. The number of rotatable bonds is 2. The summed E-state index contributed by atoms with van der Waals surface area (Å²) < 4.78 is 6.96. The van der Waals surface area contributed by atoms with E-state index in [9.17, 15) is 0 Å². The van der Waals surface area contributed by atoms with Gasteiger partial charge in [-0.05, 0) is 24.6 Å². The molecule has 0 radical (unpaired) electrons. The Bertz CT molecular complexity index is 450. The van der Waals surface area contributed by atoms with Crippen LogP contribution in [0.1, 0.15) is 18.1 Å². The van der Waals surface area contributed by atoms with Gasteiger partial charge in [-0.15, -0.1) is 0 Å². The van der Waals surface area contributed by atoms with Crippen LogP contribution in [0.3, 0.4) is 0 Å². The first-order chi connectivity index (χ1) is 8.72. The van der Waals surface area contributed by atoms with Crippen molar-refractivity contribution in [2.24, 2.45) is 0 Å². The van der Waals surface area contributed by atoms with Gasteiger partial charge in [-0.3, -0.25) is 4.90 Å². The highest BCUT2D eigenvalue weighted by atomic mass is 79.9. The van der Waals surface area contributed by atoms with E-state index < -0.39 is 0 Å². The van der Waals surface area contributed by atoms with Crippen molar-refractivity contribution in [1.82, 2.24) is 10.2 Å². The van der Waals surface area contributed by atoms with Crippen LogP contribution < -0.4 is 10.1 Å². The van der Waals surface area contributed by atoms with Crippen LogP contribution >= 0.6 is 15.9 Å². The molecule has 2 aliphatic heterocycles. The Balaban J connectivity index is 1.80. The Hall–Kier alpha value is -0.580. The largest absolute Gasteiger partial charge is 0.493 e. The van der Waals surface area contributed by atoms with Crippen LogP contribution in [0, 0.1) is 0 Å². The predicted molar refractivity (Wildman–Crippen MR) is 76.1 cm³/mol. The van der Waals surface area contributed by atoms with Gasteiger partial charge in [-0.25, -0.2) is 0 Å². The van der Waals surface area contributed by atoms with E-state index in [1.807, 2.05) is 0 Å². The lowest BCUT2D eigenvalue weighted by molar-refractivity contribution is 0.197. The molecule has 3 nitrogen and oxygen atoms in total. The second-order valence-electron chi connectivity index (χ2n) is 5.24. The Kier molecular flexibility index (Phi) is 3.59. The number of benzene rings is 1. The van der Waals surface area contributed by atoms with Crippen LogP contribution in [0.25, 0.3) is 0 Å². The first-order valence-electron chi connectivity index (χ1n) is 6.62. The molecule has 2 aliphatic rings. The van der Waals surface area contributed by atoms with E-state index in [1.54, 1.807) is 0 Å². The van der Waals surface area contributed by atoms with Gasteiger partial charge < -0.3 is 10.1 Å². The molecule has 1 aromatic rings. The van der Waals surface area contributed by atoms with Gasteiger partial charge in [0.25, 0.3) is 0 Å². The molecule has 0 bridgehead atoms. The summed E-state index contributed by atoms with van der Waals surface area (Å²) in [6.45, 7) is 7.38. The van der Waals surface area contributed by atoms with E-state index in [-0.39, 0.29) is 0 Å². The first kappa shape index (κ1) is 12.5. The van der Waals surface area contributed by atoms with Crippen LogP contribution in [-0.4, -0.2) is 37.2 Å². The van der Waals surface area contributed by atoms with Gasteiger partial charge in [-0.1, -0.05) is 15.9 Å². The van der Waals surface area contributed by atoms with Crippen LogP contribution in [-0.2, 0) is 13.0 Å². The highest BCUT2D eigenvalue weighted by molar-refractivity contribution is 9.10. The van der Waals surface area contributed by atoms with Crippen molar-refractivity contribution >= 4 is 15.9 Å². The van der Waals surface area contributed by atoms with Crippen LogP contribution in [0.5, 0.6) is 5.75 Å². The molecule has 98 valence electrons. The molecule has 0 aliphatic carbocycles. The van der Waals surface area contributed by atoms with E-state index in [0.29, 0.717) is 6.04 Å². The summed E-state index contributed by atoms with van der Waals surface area (Å²) in [5, 5.41) is 3.48. The minimum Gasteiger partial charge on any atom is -0.493 e. The lowest BCUT2D eigenvalue weighted by atomic mass is 10.1. The maximum Gasteiger partial charge on any atom is 0.127 e. The maximum absolute atomic E-state index is 5.79. The van der Waals surface area contributed by atoms with Gasteiger partial charge in [0, 0.05) is 48.7 Å². The molecule has 1 unspecified atom stereocenters. The van der Waals surface area contributed by atoms with Gasteiger partial charge in [0.15, 0.2) is 0 Å². The van der Waals surface area contributed by atoms with Crippen molar-refractivity contribution in [2.75, 3.05) is 26.2 Å². The molecule has 1 N–H and O–H groups in total. The molecule has 2 heterocycles. The van der Waals surface area contributed by atoms with Gasteiger partial charge in [0.2, 0.25) is 0 Å².